The van der Waals surface area contributed by atoms with E-state index < -0.39 is 0 Å². The molecule has 3 heteroatoms. The summed E-state index contributed by atoms with van der Waals surface area (Å²) < 4.78 is 0. The van der Waals surface area contributed by atoms with Gasteiger partial charge < -0.3 is 5.32 Å². The monoisotopic (exact) mass is 168 g/mol. The van der Waals surface area contributed by atoms with Crippen molar-refractivity contribution < 1.29 is 4.79 Å². The zero-order valence-corrected chi connectivity index (χ0v) is 6.56. The number of alkyl halides is 1. The number of anilines is 1. The summed E-state index contributed by atoms with van der Waals surface area (Å²) in [5, 5.41) is 2.41. The van der Waals surface area contributed by atoms with Gasteiger partial charge in [0.15, 0.2) is 0 Å². The van der Waals surface area contributed by atoms with Gasteiger partial charge in [0.2, 0.25) is 0 Å². The van der Waals surface area contributed by atoms with Crippen LogP contribution < -0.4 is 5.32 Å². The number of hydrogen-bond acceptors (Lipinski definition) is 1. The standard InChI is InChI=1S/C8H7ClNO/c9-5-7-1-3-8(4-2-7)10-6-11/h1-4H,5H2,(H,10,11). The molecule has 0 atom stereocenters. The largest absolute Gasteiger partial charge is 0.318 e. The van der Waals surface area contributed by atoms with Crippen molar-refractivity contribution in [3.63, 3.8) is 0 Å². The zero-order chi connectivity index (χ0) is 8.10. The molecule has 57 valence electrons. The topological polar surface area (TPSA) is 29.1 Å². The Morgan fingerprint density at radius 1 is 1.36 bits per heavy atom. The Hall–Kier alpha value is -1.02. The summed E-state index contributed by atoms with van der Waals surface area (Å²) >= 11 is 5.56. The highest BCUT2D eigenvalue weighted by molar-refractivity contribution is 6.17. The van der Waals surface area contributed by atoms with E-state index in [1.54, 1.807) is 18.5 Å². The van der Waals surface area contributed by atoms with Crippen LogP contribution in [-0.4, -0.2) is 6.41 Å². The number of carbonyl (C=O) groups excluding carboxylic acids is 1. The van der Waals surface area contributed by atoms with Crippen LogP contribution in [0.1, 0.15) is 5.56 Å². The van der Waals surface area contributed by atoms with Crippen molar-refractivity contribution in [3.8, 4) is 0 Å². The number of hydrogen-bond donors (Lipinski definition) is 1. The second-order valence-corrected chi connectivity index (χ2v) is 2.32. The second kappa shape index (κ2) is 3.98. The van der Waals surface area contributed by atoms with E-state index in [9.17, 15) is 4.79 Å². The molecule has 0 aliphatic carbocycles. The van der Waals surface area contributed by atoms with Gasteiger partial charge in [-0.3, -0.25) is 4.79 Å². The number of benzene rings is 1. The summed E-state index contributed by atoms with van der Waals surface area (Å²) in [6.07, 6.45) is 1.59. The molecule has 1 radical (unpaired) electrons. The van der Waals surface area contributed by atoms with E-state index in [2.05, 4.69) is 5.32 Å². The molecule has 0 unspecified atom stereocenters. The molecule has 0 aliphatic rings. The maximum atomic E-state index is 9.87. The molecule has 1 aromatic carbocycles. The minimum Gasteiger partial charge on any atom is -0.318 e. The van der Waals surface area contributed by atoms with Crippen LogP contribution in [-0.2, 0) is 10.7 Å². The van der Waals surface area contributed by atoms with Crippen LogP contribution in [0.4, 0.5) is 5.69 Å². The lowest BCUT2D eigenvalue weighted by molar-refractivity contribution is 0.561. The van der Waals surface area contributed by atoms with E-state index in [1.807, 2.05) is 12.1 Å². The third-order valence-corrected chi connectivity index (χ3v) is 1.61. The molecule has 0 saturated carbocycles. The first-order chi connectivity index (χ1) is 5.36. The molecule has 0 fully saturated rings. The molecule has 1 rings (SSSR count). The number of nitrogens with one attached hydrogen (secondary N) is 1. The Balaban J connectivity index is 2.74. The van der Waals surface area contributed by atoms with E-state index >= 15 is 0 Å². The fraction of sp³-hybridized carbons (Fsp3) is 0.125. The van der Waals surface area contributed by atoms with Crippen molar-refractivity contribution in [2.75, 3.05) is 5.32 Å². The Labute approximate surface area is 70.2 Å². The molecule has 2 nitrogen and oxygen atoms in total. The molecule has 11 heavy (non-hydrogen) atoms. The van der Waals surface area contributed by atoms with Gasteiger partial charge >= 0.3 is 6.41 Å². The van der Waals surface area contributed by atoms with Gasteiger partial charge in [-0.25, -0.2) is 0 Å². The molecule has 1 amide bonds. The zero-order valence-electron chi connectivity index (χ0n) is 5.80. The quantitative estimate of drug-likeness (QED) is 0.542. The first-order valence-corrected chi connectivity index (χ1v) is 3.68. The van der Waals surface area contributed by atoms with Crippen LogP contribution in [0.3, 0.4) is 0 Å². The predicted molar refractivity (Wildman–Crippen MR) is 45.3 cm³/mol. The molecule has 0 aromatic heterocycles. The third kappa shape index (κ3) is 2.24. The third-order valence-electron chi connectivity index (χ3n) is 1.30. The molecule has 0 spiro atoms. The summed E-state index contributed by atoms with van der Waals surface area (Å²) in [4.78, 5) is 9.87. The van der Waals surface area contributed by atoms with Crippen LogP contribution in [0, 0.1) is 0 Å². The lowest BCUT2D eigenvalue weighted by Crippen LogP contribution is -1.92. The van der Waals surface area contributed by atoms with E-state index in [1.165, 1.54) is 0 Å². The first-order valence-electron chi connectivity index (χ1n) is 3.15. The van der Waals surface area contributed by atoms with E-state index in [0.717, 1.165) is 11.3 Å². The summed E-state index contributed by atoms with van der Waals surface area (Å²) in [6, 6.07) is 7.27. The van der Waals surface area contributed by atoms with Crippen LogP contribution in [0.15, 0.2) is 24.3 Å². The predicted octanol–water partition coefficient (Wildman–Crippen LogP) is 1.90. The van der Waals surface area contributed by atoms with Gasteiger partial charge in [0, 0.05) is 11.6 Å². The van der Waals surface area contributed by atoms with Crippen molar-refractivity contribution in [1.82, 2.24) is 0 Å². The molecule has 0 saturated heterocycles. The van der Waals surface area contributed by atoms with Crippen molar-refractivity contribution >= 4 is 23.7 Å². The summed E-state index contributed by atoms with van der Waals surface area (Å²) in [6.45, 7) is 0. The fourth-order valence-electron chi connectivity index (χ4n) is 0.736. The van der Waals surface area contributed by atoms with Crippen LogP contribution in [0.5, 0.6) is 0 Å². The number of halogens is 1. The normalized spacial score (nSPS) is 9.18. The minimum absolute atomic E-state index is 0.491. The summed E-state index contributed by atoms with van der Waals surface area (Å²) in [7, 11) is 0. The maximum Gasteiger partial charge on any atom is 0.314 e. The summed E-state index contributed by atoms with van der Waals surface area (Å²) in [5.41, 5.74) is 1.76. The van der Waals surface area contributed by atoms with Gasteiger partial charge in [-0.15, -0.1) is 11.6 Å². The number of rotatable bonds is 3. The maximum absolute atomic E-state index is 9.87. The van der Waals surface area contributed by atoms with E-state index in [-0.39, 0.29) is 0 Å². The Kier molecular flexibility index (Phi) is 2.93. The molecule has 0 bridgehead atoms. The van der Waals surface area contributed by atoms with Gasteiger partial charge in [-0.1, -0.05) is 12.1 Å². The van der Waals surface area contributed by atoms with Crippen molar-refractivity contribution in [3.05, 3.63) is 29.8 Å². The van der Waals surface area contributed by atoms with Crippen LogP contribution in [0.25, 0.3) is 0 Å². The molecular formula is C8H7ClNO. The Morgan fingerprint density at radius 2 is 2.00 bits per heavy atom. The highest BCUT2D eigenvalue weighted by atomic mass is 35.5. The smallest absolute Gasteiger partial charge is 0.314 e. The fourth-order valence-corrected chi connectivity index (χ4v) is 0.914. The lowest BCUT2D eigenvalue weighted by atomic mass is 10.2. The van der Waals surface area contributed by atoms with Crippen molar-refractivity contribution in [2.24, 2.45) is 0 Å². The molecule has 0 aliphatic heterocycles. The van der Waals surface area contributed by atoms with Crippen molar-refractivity contribution in [2.45, 2.75) is 5.88 Å². The van der Waals surface area contributed by atoms with E-state index in [4.69, 9.17) is 11.6 Å². The second-order valence-electron chi connectivity index (χ2n) is 2.06. The molecule has 0 heterocycles. The van der Waals surface area contributed by atoms with Crippen LogP contribution >= 0.6 is 11.6 Å². The first kappa shape index (κ1) is 8.08. The van der Waals surface area contributed by atoms with Crippen LogP contribution in [0.2, 0.25) is 0 Å². The van der Waals surface area contributed by atoms with Gasteiger partial charge in [0.05, 0.1) is 0 Å². The van der Waals surface area contributed by atoms with Gasteiger partial charge in [-0.05, 0) is 17.7 Å². The molecular weight excluding hydrogens is 162 g/mol. The average molecular weight is 169 g/mol. The summed E-state index contributed by atoms with van der Waals surface area (Å²) in [5.74, 6) is 0.491. The van der Waals surface area contributed by atoms with Gasteiger partial charge in [0.25, 0.3) is 0 Å². The molecule has 1 N–H and O–H groups in total. The average Bonchev–Trinajstić information content (AvgIpc) is 2.07. The highest BCUT2D eigenvalue weighted by Crippen LogP contribution is 2.09. The van der Waals surface area contributed by atoms with Gasteiger partial charge in [0.1, 0.15) is 0 Å². The Bertz CT molecular complexity index is 232. The highest BCUT2D eigenvalue weighted by Gasteiger charge is 1.90. The van der Waals surface area contributed by atoms with Gasteiger partial charge in [-0.2, -0.15) is 0 Å². The Morgan fingerprint density at radius 3 is 2.45 bits per heavy atom. The minimum atomic E-state index is 0.491. The van der Waals surface area contributed by atoms with Crippen molar-refractivity contribution in [1.29, 1.82) is 0 Å². The lowest BCUT2D eigenvalue weighted by Gasteiger charge is -1.97. The number of amides is 1. The molecule has 1 aromatic rings. The van der Waals surface area contributed by atoms with E-state index in [0.29, 0.717) is 5.88 Å². The SMILES string of the molecule is O=[C]Nc1ccc(CCl)cc1.